The van der Waals surface area contributed by atoms with E-state index in [9.17, 15) is 0 Å². The second kappa shape index (κ2) is 5.51. The molecule has 0 N–H and O–H groups in total. The van der Waals surface area contributed by atoms with E-state index in [0.29, 0.717) is 0 Å². The zero-order chi connectivity index (χ0) is 19.1. The Morgan fingerprint density at radius 2 is 1.32 bits per heavy atom. The summed E-state index contributed by atoms with van der Waals surface area (Å²) in [4.78, 5) is 0. The Kier molecular flexibility index (Phi) is 3.32. The minimum atomic E-state index is -0.0204. The van der Waals surface area contributed by atoms with Gasteiger partial charge in [0.25, 0.3) is 0 Å². The molecule has 0 radical (unpaired) electrons. The standard InChI is InChI=1S/C27H25Cl/c1-26(2)23-16-17(28)10-11-19(23)20-12-13-21-18-8-4-5-9-22(18)27(25(21)24(20)26)14-6-3-7-15-27/h4-5,8-13,16H,3,6-7,14-15H2,1-2H3. The van der Waals surface area contributed by atoms with Crippen LogP contribution in [0.5, 0.6) is 0 Å². The van der Waals surface area contributed by atoms with Crippen molar-refractivity contribution in [2.45, 2.75) is 56.8 Å². The van der Waals surface area contributed by atoms with Gasteiger partial charge in [0.15, 0.2) is 0 Å². The number of rotatable bonds is 0. The largest absolute Gasteiger partial charge is 0.0843 e. The van der Waals surface area contributed by atoms with Crippen LogP contribution in [0.3, 0.4) is 0 Å². The van der Waals surface area contributed by atoms with E-state index in [-0.39, 0.29) is 10.8 Å². The van der Waals surface area contributed by atoms with Gasteiger partial charge in [0.1, 0.15) is 0 Å². The molecule has 3 aromatic rings. The van der Waals surface area contributed by atoms with E-state index in [2.05, 4.69) is 62.4 Å². The molecular weight excluding hydrogens is 360 g/mol. The number of benzene rings is 3. The lowest BCUT2D eigenvalue weighted by molar-refractivity contribution is 0.348. The average Bonchev–Trinajstić information content (AvgIpc) is 3.10. The molecule has 0 aliphatic heterocycles. The summed E-state index contributed by atoms with van der Waals surface area (Å²) in [7, 11) is 0. The topological polar surface area (TPSA) is 0 Å². The molecule has 6 rings (SSSR count). The molecule has 0 bridgehead atoms. The number of hydrogen-bond donors (Lipinski definition) is 0. The maximum Gasteiger partial charge on any atom is 0.0409 e. The summed E-state index contributed by atoms with van der Waals surface area (Å²) in [6, 6.07) is 20.4. The molecule has 1 saturated carbocycles. The lowest BCUT2D eigenvalue weighted by Gasteiger charge is -2.39. The third kappa shape index (κ3) is 1.93. The average molecular weight is 385 g/mol. The molecule has 0 heterocycles. The lowest BCUT2D eigenvalue weighted by Crippen LogP contribution is -2.31. The smallest absolute Gasteiger partial charge is 0.0409 e. The zero-order valence-electron chi connectivity index (χ0n) is 16.6. The molecule has 0 saturated heterocycles. The number of hydrogen-bond acceptors (Lipinski definition) is 0. The minimum Gasteiger partial charge on any atom is -0.0843 e. The van der Waals surface area contributed by atoms with Crippen LogP contribution >= 0.6 is 11.6 Å². The predicted octanol–water partition coefficient (Wildman–Crippen LogP) is 7.88. The molecule has 1 fully saturated rings. The van der Waals surface area contributed by atoms with Gasteiger partial charge < -0.3 is 0 Å². The lowest BCUT2D eigenvalue weighted by atomic mass is 9.64. The van der Waals surface area contributed by atoms with Gasteiger partial charge in [0.2, 0.25) is 0 Å². The monoisotopic (exact) mass is 384 g/mol. The molecule has 28 heavy (non-hydrogen) atoms. The van der Waals surface area contributed by atoms with Crippen molar-refractivity contribution in [2.24, 2.45) is 0 Å². The first kappa shape index (κ1) is 16.9. The highest BCUT2D eigenvalue weighted by atomic mass is 35.5. The van der Waals surface area contributed by atoms with E-state index in [1.54, 1.807) is 16.7 Å². The van der Waals surface area contributed by atoms with Crippen LogP contribution in [0, 0.1) is 0 Å². The van der Waals surface area contributed by atoms with Crippen molar-refractivity contribution in [1.82, 2.24) is 0 Å². The number of halogens is 1. The summed E-state index contributed by atoms with van der Waals surface area (Å²) in [5.74, 6) is 0. The van der Waals surface area contributed by atoms with Crippen LogP contribution in [-0.2, 0) is 10.8 Å². The van der Waals surface area contributed by atoms with E-state index in [4.69, 9.17) is 11.6 Å². The van der Waals surface area contributed by atoms with E-state index in [0.717, 1.165) is 5.02 Å². The highest BCUT2D eigenvalue weighted by Gasteiger charge is 2.49. The second-order valence-electron chi connectivity index (χ2n) is 9.41. The van der Waals surface area contributed by atoms with Crippen molar-refractivity contribution >= 4 is 11.6 Å². The van der Waals surface area contributed by atoms with Crippen LogP contribution in [0.15, 0.2) is 54.6 Å². The van der Waals surface area contributed by atoms with Crippen LogP contribution in [0.25, 0.3) is 22.3 Å². The summed E-state index contributed by atoms with van der Waals surface area (Å²) in [5, 5.41) is 0.840. The van der Waals surface area contributed by atoms with Gasteiger partial charge in [-0.05, 0) is 69.5 Å². The maximum atomic E-state index is 6.43. The maximum absolute atomic E-state index is 6.43. The molecule has 140 valence electrons. The molecular formula is C27H25Cl. The molecule has 0 atom stereocenters. The summed E-state index contributed by atoms with van der Waals surface area (Å²) in [6.07, 6.45) is 6.59. The Hall–Kier alpha value is -2.05. The highest BCUT2D eigenvalue weighted by molar-refractivity contribution is 6.30. The Balaban J connectivity index is 1.72. The third-order valence-electron chi connectivity index (χ3n) is 7.69. The fourth-order valence-corrected chi connectivity index (χ4v) is 6.72. The SMILES string of the molecule is CC1(C)c2cc(Cl)ccc2-c2ccc3c(c21)C1(CCCCC1)c1ccccc1-3. The molecule has 1 heteroatoms. The molecule has 3 aromatic carbocycles. The first-order valence-corrected chi connectivity index (χ1v) is 11.0. The predicted molar refractivity (Wildman–Crippen MR) is 118 cm³/mol. The van der Waals surface area contributed by atoms with Gasteiger partial charge in [0.05, 0.1) is 0 Å². The van der Waals surface area contributed by atoms with Crippen LogP contribution in [0.4, 0.5) is 0 Å². The molecule has 3 aliphatic rings. The number of fused-ring (bicyclic) bond motifs is 9. The van der Waals surface area contributed by atoms with Crippen molar-refractivity contribution in [2.75, 3.05) is 0 Å². The van der Waals surface area contributed by atoms with E-state index >= 15 is 0 Å². The Labute approximate surface area is 172 Å². The fraction of sp³-hybridized carbons (Fsp3) is 0.333. The van der Waals surface area contributed by atoms with Crippen molar-refractivity contribution in [3.8, 4) is 22.3 Å². The van der Waals surface area contributed by atoms with E-state index in [1.807, 2.05) is 6.07 Å². The summed E-state index contributed by atoms with van der Waals surface area (Å²) >= 11 is 6.43. The van der Waals surface area contributed by atoms with Gasteiger partial charge in [-0.2, -0.15) is 0 Å². The van der Waals surface area contributed by atoms with Crippen LogP contribution in [0.1, 0.15) is 68.2 Å². The third-order valence-corrected chi connectivity index (χ3v) is 7.93. The summed E-state index contributed by atoms with van der Waals surface area (Å²) < 4.78 is 0. The summed E-state index contributed by atoms with van der Waals surface area (Å²) in [6.45, 7) is 4.79. The van der Waals surface area contributed by atoms with Crippen LogP contribution in [0.2, 0.25) is 5.02 Å². The van der Waals surface area contributed by atoms with Gasteiger partial charge in [-0.1, -0.05) is 87.2 Å². The van der Waals surface area contributed by atoms with Gasteiger partial charge in [-0.25, -0.2) is 0 Å². The zero-order valence-corrected chi connectivity index (χ0v) is 17.4. The van der Waals surface area contributed by atoms with E-state index < -0.39 is 0 Å². The van der Waals surface area contributed by atoms with Crippen LogP contribution in [-0.4, -0.2) is 0 Å². The van der Waals surface area contributed by atoms with E-state index in [1.165, 1.54) is 59.9 Å². The van der Waals surface area contributed by atoms with Gasteiger partial charge in [-0.15, -0.1) is 0 Å². The summed E-state index contributed by atoms with van der Waals surface area (Å²) in [5.41, 5.74) is 12.0. The molecule has 1 spiro atoms. The molecule has 3 aliphatic carbocycles. The Morgan fingerprint density at radius 1 is 0.679 bits per heavy atom. The fourth-order valence-electron chi connectivity index (χ4n) is 6.55. The minimum absolute atomic E-state index is 0.0204. The Bertz CT molecular complexity index is 1130. The van der Waals surface area contributed by atoms with Crippen molar-refractivity contribution in [3.05, 3.63) is 81.9 Å². The first-order valence-electron chi connectivity index (χ1n) is 10.6. The second-order valence-corrected chi connectivity index (χ2v) is 9.85. The molecule has 0 nitrogen and oxygen atoms in total. The van der Waals surface area contributed by atoms with Crippen molar-refractivity contribution < 1.29 is 0 Å². The van der Waals surface area contributed by atoms with Gasteiger partial charge >= 0.3 is 0 Å². The van der Waals surface area contributed by atoms with Crippen molar-refractivity contribution in [1.29, 1.82) is 0 Å². The molecule has 0 aromatic heterocycles. The van der Waals surface area contributed by atoms with Crippen LogP contribution < -0.4 is 0 Å². The Morgan fingerprint density at radius 3 is 2.11 bits per heavy atom. The molecule has 0 unspecified atom stereocenters. The van der Waals surface area contributed by atoms with Crippen molar-refractivity contribution in [3.63, 3.8) is 0 Å². The molecule has 0 amide bonds. The quantitative estimate of drug-likeness (QED) is 0.369. The van der Waals surface area contributed by atoms with Gasteiger partial charge in [-0.3, -0.25) is 0 Å². The van der Waals surface area contributed by atoms with Gasteiger partial charge in [0, 0.05) is 15.9 Å². The highest BCUT2D eigenvalue weighted by Crippen LogP contribution is 2.62. The normalized spacial score (nSPS) is 19.8. The first-order chi connectivity index (χ1) is 13.5.